The maximum Gasteiger partial charge on any atom is 0.321 e. The quantitative estimate of drug-likeness (QED) is 0.626. The molecule has 1 atom stereocenters. The number of carbonyl (C=O) groups is 3. The molecule has 0 bridgehead atoms. The van der Waals surface area contributed by atoms with E-state index in [2.05, 4.69) is 10.6 Å². The molecular formula is C19H24ClN3O6S. The third kappa shape index (κ3) is 5.71. The van der Waals surface area contributed by atoms with E-state index in [1.165, 1.54) is 35.5 Å². The summed E-state index contributed by atoms with van der Waals surface area (Å²) in [7, 11) is -3.67. The van der Waals surface area contributed by atoms with Crippen LogP contribution >= 0.6 is 11.6 Å². The van der Waals surface area contributed by atoms with Crippen molar-refractivity contribution in [1.82, 2.24) is 14.9 Å². The van der Waals surface area contributed by atoms with Gasteiger partial charge >= 0.3 is 12.0 Å². The van der Waals surface area contributed by atoms with E-state index >= 15 is 0 Å². The predicted molar refractivity (Wildman–Crippen MR) is 108 cm³/mol. The predicted octanol–water partition coefficient (Wildman–Crippen LogP) is 1.66. The van der Waals surface area contributed by atoms with E-state index in [0.717, 1.165) is 12.8 Å². The van der Waals surface area contributed by atoms with Crippen molar-refractivity contribution < 1.29 is 27.5 Å². The number of esters is 1. The van der Waals surface area contributed by atoms with Crippen LogP contribution in [0.1, 0.15) is 32.6 Å². The maximum atomic E-state index is 12.7. The van der Waals surface area contributed by atoms with Crippen molar-refractivity contribution >= 4 is 39.5 Å². The van der Waals surface area contributed by atoms with Crippen LogP contribution in [0.4, 0.5) is 4.79 Å². The molecule has 1 saturated carbocycles. The van der Waals surface area contributed by atoms with E-state index in [9.17, 15) is 22.8 Å². The summed E-state index contributed by atoms with van der Waals surface area (Å²) in [5, 5.41) is 5.20. The minimum Gasteiger partial charge on any atom is -0.452 e. The van der Waals surface area contributed by atoms with Crippen LogP contribution in [0.5, 0.6) is 0 Å². The highest BCUT2D eigenvalue weighted by molar-refractivity contribution is 7.89. The number of carbonyl (C=O) groups excluding carboxylic acids is 3. The van der Waals surface area contributed by atoms with Gasteiger partial charge in [-0.3, -0.25) is 14.9 Å². The van der Waals surface area contributed by atoms with Crippen LogP contribution in [0.3, 0.4) is 0 Å². The molecule has 0 radical (unpaired) electrons. The van der Waals surface area contributed by atoms with Gasteiger partial charge in [0.25, 0.3) is 5.91 Å². The van der Waals surface area contributed by atoms with E-state index in [4.69, 9.17) is 16.3 Å². The summed E-state index contributed by atoms with van der Waals surface area (Å²) in [6.07, 6.45) is 1.21. The Morgan fingerprint density at radius 2 is 1.70 bits per heavy atom. The molecule has 1 saturated heterocycles. The number of hydrogen-bond donors (Lipinski definition) is 2. The third-order valence-corrected chi connectivity index (χ3v) is 7.21. The Labute approximate surface area is 180 Å². The van der Waals surface area contributed by atoms with Gasteiger partial charge in [0.2, 0.25) is 10.0 Å². The number of benzene rings is 1. The summed E-state index contributed by atoms with van der Waals surface area (Å²) in [5.41, 5.74) is 0. The standard InChI is InChI=1S/C19H24ClN3O6S/c1-12(17(24)22-19(26)21-15-4-5-15)29-18(25)13-8-10-23(11-9-13)30(27,28)16-6-2-14(20)3-7-16/h2-3,6-7,12-13,15H,4-5,8-11H2,1H3,(H2,21,22,24,26). The Bertz CT molecular complexity index is 909. The molecule has 1 aliphatic heterocycles. The second kappa shape index (κ2) is 9.32. The highest BCUT2D eigenvalue weighted by Crippen LogP contribution is 2.25. The molecule has 1 aromatic rings. The van der Waals surface area contributed by atoms with E-state index in [1.54, 1.807) is 0 Å². The van der Waals surface area contributed by atoms with Crippen molar-refractivity contribution in [3.8, 4) is 0 Å². The second-order valence-electron chi connectivity index (χ2n) is 7.45. The Morgan fingerprint density at radius 1 is 1.10 bits per heavy atom. The average Bonchev–Trinajstić information content (AvgIpc) is 3.52. The number of piperidine rings is 1. The molecular weight excluding hydrogens is 434 g/mol. The first kappa shape index (κ1) is 22.5. The fourth-order valence-electron chi connectivity index (χ4n) is 3.07. The van der Waals surface area contributed by atoms with Gasteiger partial charge in [0.1, 0.15) is 0 Å². The van der Waals surface area contributed by atoms with Crippen molar-refractivity contribution in [2.24, 2.45) is 5.92 Å². The lowest BCUT2D eigenvalue weighted by Gasteiger charge is -2.30. The molecule has 9 nitrogen and oxygen atoms in total. The highest BCUT2D eigenvalue weighted by Gasteiger charge is 2.34. The number of halogens is 1. The minimum atomic E-state index is -3.67. The molecule has 11 heteroatoms. The lowest BCUT2D eigenvalue weighted by atomic mass is 9.98. The van der Waals surface area contributed by atoms with Crippen LogP contribution in [0.15, 0.2) is 29.2 Å². The van der Waals surface area contributed by atoms with Gasteiger partial charge in [-0.25, -0.2) is 13.2 Å². The monoisotopic (exact) mass is 457 g/mol. The number of imide groups is 1. The molecule has 3 rings (SSSR count). The molecule has 2 aliphatic rings. The van der Waals surface area contributed by atoms with E-state index in [1.807, 2.05) is 0 Å². The third-order valence-electron chi connectivity index (χ3n) is 5.05. The number of nitrogens with one attached hydrogen (secondary N) is 2. The fraction of sp³-hybridized carbons (Fsp3) is 0.526. The topological polar surface area (TPSA) is 122 Å². The van der Waals surface area contributed by atoms with Crippen LogP contribution in [0.25, 0.3) is 0 Å². The molecule has 30 heavy (non-hydrogen) atoms. The Balaban J connectivity index is 1.47. The SMILES string of the molecule is CC(OC(=O)C1CCN(S(=O)(=O)c2ccc(Cl)cc2)CC1)C(=O)NC(=O)NC1CC1. The van der Waals surface area contributed by atoms with Crippen LogP contribution in [-0.4, -0.2) is 55.9 Å². The summed E-state index contributed by atoms with van der Waals surface area (Å²) >= 11 is 5.81. The van der Waals surface area contributed by atoms with Crippen molar-refractivity contribution in [1.29, 1.82) is 0 Å². The van der Waals surface area contributed by atoms with Crippen molar-refractivity contribution in [3.63, 3.8) is 0 Å². The number of nitrogens with zero attached hydrogens (tertiary/aromatic N) is 1. The van der Waals surface area contributed by atoms with Crippen LogP contribution in [0.2, 0.25) is 5.02 Å². The summed E-state index contributed by atoms with van der Waals surface area (Å²) in [5.74, 6) is -1.80. The van der Waals surface area contributed by atoms with Gasteiger partial charge in [-0.2, -0.15) is 4.31 Å². The van der Waals surface area contributed by atoms with Gasteiger partial charge in [-0.05, 0) is 56.9 Å². The molecule has 1 aromatic carbocycles. The summed E-state index contributed by atoms with van der Waals surface area (Å²) in [6.45, 7) is 1.71. The van der Waals surface area contributed by atoms with Crippen molar-refractivity contribution in [2.45, 2.75) is 49.6 Å². The van der Waals surface area contributed by atoms with Gasteiger partial charge in [0.05, 0.1) is 10.8 Å². The number of urea groups is 1. The Hall–Kier alpha value is -2.17. The molecule has 1 unspecified atom stereocenters. The van der Waals surface area contributed by atoms with Gasteiger partial charge in [-0.15, -0.1) is 0 Å². The van der Waals surface area contributed by atoms with Gasteiger partial charge in [-0.1, -0.05) is 11.6 Å². The first-order valence-corrected chi connectivity index (χ1v) is 11.6. The first-order chi connectivity index (χ1) is 14.2. The molecule has 3 amide bonds. The lowest BCUT2D eigenvalue weighted by Crippen LogP contribution is -2.46. The second-order valence-corrected chi connectivity index (χ2v) is 9.82. The largest absolute Gasteiger partial charge is 0.452 e. The van der Waals surface area contributed by atoms with Gasteiger partial charge in [0, 0.05) is 24.2 Å². The fourth-order valence-corrected chi connectivity index (χ4v) is 4.67. The molecule has 1 aliphatic carbocycles. The average molecular weight is 458 g/mol. The molecule has 164 valence electrons. The number of sulfonamides is 1. The smallest absolute Gasteiger partial charge is 0.321 e. The van der Waals surface area contributed by atoms with Gasteiger partial charge in [0.15, 0.2) is 6.10 Å². The first-order valence-electron chi connectivity index (χ1n) is 9.74. The highest BCUT2D eigenvalue weighted by atomic mass is 35.5. The molecule has 2 fully saturated rings. The molecule has 1 heterocycles. The zero-order chi connectivity index (χ0) is 21.9. The summed E-state index contributed by atoms with van der Waals surface area (Å²) in [4.78, 5) is 36.1. The number of amides is 3. The van der Waals surface area contributed by atoms with E-state index in [-0.39, 0.29) is 36.9 Å². The minimum absolute atomic E-state index is 0.102. The van der Waals surface area contributed by atoms with E-state index < -0.39 is 40.0 Å². The van der Waals surface area contributed by atoms with Gasteiger partial charge < -0.3 is 10.1 Å². The maximum absolute atomic E-state index is 12.7. The summed E-state index contributed by atoms with van der Waals surface area (Å²) in [6, 6.07) is 5.40. The number of ether oxygens (including phenoxy) is 1. The zero-order valence-electron chi connectivity index (χ0n) is 16.5. The number of hydrogen-bond acceptors (Lipinski definition) is 6. The molecule has 0 spiro atoms. The van der Waals surface area contributed by atoms with Crippen LogP contribution in [-0.2, 0) is 24.3 Å². The Morgan fingerprint density at radius 3 is 2.27 bits per heavy atom. The van der Waals surface area contributed by atoms with Crippen molar-refractivity contribution in [3.05, 3.63) is 29.3 Å². The molecule has 0 aromatic heterocycles. The lowest BCUT2D eigenvalue weighted by molar-refractivity contribution is -0.159. The van der Waals surface area contributed by atoms with E-state index in [0.29, 0.717) is 5.02 Å². The Kier molecular flexibility index (Phi) is 6.99. The van der Waals surface area contributed by atoms with Crippen molar-refractivity contribution in [2.75, 3.05) is 13.1 Å². The normalized spacial score (nSPS) is 19.0. The summed E-state index contributed by atoms with van der Waals surface area (Å²) < 4.78 is 31.9. The number of rotatable bonds is 6. The van der Waals surface area contributed by atoms with Crippen LogP contribution < -0.4 is 10.6 Å². The van der Waals surface area contributed by atoms with Crippen LogP contribution in [0, 0.1) is 5.92 Å². The molecule has 2 N–H and O–H groups in total. The zero-order valence-corrected chi connectivity index (χ0v) is 18.0.